The third kappa shape index (κ3) is 2.88. The van der Waals surface area contributed by atoms with E-state index in [1.807, 2.05) is 0 Å². The molecule has 2 aromatic carbocycles. The second kappa shape index (κ2) is 7.00. The van der Waals surface area contributed by atoms with Crippen molar-refractivity contribution in [3.63, 3.8) is 0 Å². The number of carbonyl (C=O) groups excluding carboxylic acids is 1. The Morgan fingerprint density at radius 3 is 2.17 bits per heavy atom. The summed E-state index contributed by atoms with van der Waals surface area (Å²) >= 11 is 6.12. The van der Waals surface area contributed by atoms with E-state index < -0.39 is 0 Å². The second-order valence-electron chi connectivity index (χ2n) is 9.84. The lowest BCUT2D eigenvalue weighted by Crippen LogP contribution is -2.64. The Hall–Kier alpha value is -2.04. The van der Waals surface area contributed by atoms with Gasteiger partial charge in [0.1, 0.15) is 6.61 Å². The van der Waals surface area contributed by atoms with Gasteiger partial charge in [-0.1, -0.05) is 48.5 Å². The van der Waals surface area contributed by atoms with Crippen LogP contribution in [0.25, 0.3) is 11.1 Å². The molecule has 2 atom stereocenters. The fraction of sp³-hybridized carbons (Fsp3) is 0.480. The van der Waals surface area contributed by atoms with Crippen LogP contribution in [0.3, 0.4) is 0 Å². The Balaban J connectivity index is 1.14. The molecule has 1 amide bonds. The standard InChI is InChI=1S/C25H27ClN2O2/c26-28-25-11-15-9-16(12-25)23(17(10-15)13-25)27-24(29)30-14-22-20-7-3-1-5-18(20)19-6-2-4-8-21(19)22/h1-8,15-17,22-23,28H,9-14H2,(H,27,29). The number of amides is 1. The zero-order valence-corrected chi connectivity index (χ0v) is 17.7. The highest BCUT2D eigenvalue weighted by atomic mass is 35.5. The summed E-state index contributed by atoms with van der Waals surface area (Å²) in [5.41, 5.74) is 5.08. The van der Waals surface area contributed by atoms with Gasteiger partial charge in [-0.25, -0.2) is 9.63 Å². The van der Waals surface area contributed by atoms with Crippen LogP contribution in [0.1, 0.15) is 49.1 Å². The summed E-state index contributed by atoms with van der Waals surface area (Å²) in [5.74, 6) is 1.85. The van der Waals surface area contributed by atoms with E-state index in [0.717, 1.165) is 18.8 Å². The molecule has 4 bridgehead atoms. The number of nitrogens with one attached hydrogen (secondary N) is 2. The lowest BCUT2D eigenvalue weighted by molar-refractivity contribution is -0.0363. The van der Waals surface area contributed by atoms with Gasteiger partial charge in [-0.15, -0.1) is 0 Å². The molecular formula is C25H27ClN2O2. The van der Waals surface area contributed by atoms with Crippen molar-refractivity contribution >= 4 is 17.9 Å². The van der Waals surface area contributed by atoms with Gasteiger partial charge in [0.25, 0.3) is 0 Å². The largest absolute Gasteiger partial charge is 0.449 e. The van der Waals surface area contributed by atoms with Crippen molar-refractivity contribution in [2.24, 2.45) is 17.8 Å². The number of alkyl carbamates (subject to hydrolysis) is 1. The van der Waals surface area contributed by atoms with Crippen molar-refractivity contribution in [1.82, 2.24) is 10.2 Å². The van der Waals surface area contributed by atoms with Gasteiger partial charge >= 0.3 is 6.09 Å². The Morgan fingerprint density at radius 2 is 1.57 bits per heavy atom. The van der Waals surface area contributed by atoms with Crippen molar-refractivity contribution in [2.45, 2.75) is 49.6 Å². The van der Waals surface area contributed by atoms with Crippen LogP contribution in [0, 0.1) is 17.8 Å². The summed E-state index contributed by atoms with van der Waals surface area (Å²) in [6.45, 7) is 0.373. The highest BCUT2D eigenvalue weighted by molar-refractivity contribution is 6.13. The quantitative estimate of drug-likeness (QED) is 0.664. The Morgan fingerprint density at radius 1 is 0.967 bits per heavy atom. The lowest BCUT2D eigenvalue weighted by Gasteiger charge is -2.59. The minimum absolute atomic E-state index is 0.0808. The number of hydrogen-bond acceptors (Lipinski definition) is 3. The zero-order valence-electron chi connectivity index (χ0n) is 16.9. The van der Waals surface area contributed by atoms with Gasteiger partial charge in [0.2, 0.25) is 0 Å². The molecule has 4 saturated carbocycles. The lowest BCUT2D eigenvalue weighted by atomic mass is 9.51. The van der Waals surface area contributed by atoms with Crippen LogP contribution < -0.4 is 10.2 Å². The average Bonchev–Trinajstić information content (AvgIpc) is 3.08. The van der Waals surface area contributed by atoms with Crippen LogP contribution in [0.4, 0.5) is 4.79 Å². The van der Waals surface area contributed by atoms with Crippen molar-refractivity contribution in [3.8, 4) is 11.1 Å². The van der Waals surface area contributed by atoms with E-state index in [0.29, 0.717) is 18.4 Å². The van der Waals surface area contributed by atoms with Crippen LogP contribution in [0.2, 0.25) is 0 Å². The van der Waals surface area contributed by atoms with E-state index in [1.165, 1.54) is 41.5 Å². The Bertz CT molecular complexity index is 931. The zero-order chi connectivity index (χ0) is 20.3. The summed E-state index contributed by atoms with van der Waals surface area (Å²) in [5, 5.41) is 3.24. The van der Waals surface area contributed by atoms with Gasteiger partial charge in [0.05, 0.1) is 0 Å². The number of hydrogen-bond donors (Lipinski definition) is 2. The van der Waals surface area contributed by atoms with Gasteiger partial charge in [0.15, 0.2) is 0 Å². The van der Waals surface area contributed by atoms with Gasteiger partial charge in [0, 0.05) is 17.5 Å². The molecule has 5 aliphatic carbocycles. The highest BCUT2D eigenvalue weighted by Crippen LogP contribution is 2.56. The Labute approximate surface area is 182 Å². The average molecular weight is 423 g/mol. The molecule has 4 fully saturated rings. The number of rotatable bonds is 4. The van der Waals surface area contributed by atoms with E-state index >= 15 is 0 Å². The molecule has 7 rings (SSSR count). The van der Waals surface area contributed by atoms with E-state index in [1.54, 1.807) is 0 Å². The normalized spacial score (nSPS) is 33.2. The smallest absolute Gasteiger partial charge is 0.407 e. The van der Waals surface area contributed by atoms with E-state index in [2.05, 4.69) is 58.7 Å². The molecule has 5 aliphatic rings. The topological polar surface area (TPSA) is 50.4 Å². The molecule has 2 unspecified atom stereocenters. The predicted octanol–water partition coefficient (Wildman–Crippen LogP) is 5.22. The van der Waals surface area contributed by atoms with Crippen molar-refractivity contribution < 1.29 is 9.53 Å². The third-order valence-corrected chi connectivity index (χ3v) is 8.50. The highest BCUT2D eigenvalue weighted by Gasteiger charge is 2.55. The monoisotopic (exact) mass is 422 g/mol. The SMILES string of the molecule is O=C(NC1C2CC3CC1CC(NCl)(C3)C2)OCC1c2ccccc2-c2ccccc21. The molecule has 2 N–H and O–H groups in total. The first-order chi connectivity index (χ1) is 14.7. The van der Waals surface area contributed by atoms with Gasteiger partial charge in [-0.05, 0) is 83.9 Å². The summed E-state index contributed by atoms with van der Waals surface area (Å²) in [4.78, 5) is 15.9. The molecule has 30 heavy (non-hydrogen) atoms. The molecule has 0 aliphatic heterocycles. The van der Waals surface area contributed by atoms with Crippen molar-refractivity contribution in [3.05, 3.63) is 59.7 Å². The van der Waals surface area contributed by atoms with Crippen LogP contribution in [-0.2, 0) is 4.74 Å². The molecular weight excluding hydrogens is 396 g/mol. The van der Waals surface area contributed by atoms with Crippen LogP contribution in [-0.4, -0.2) is 24.3 Å². The van der Waals surface area contributed by atoms with Crippen LogP contribution in [0.5, 0.6) is 0 Å². The number of ether oxygens (including phenoxy) is 1. The first kappa shape index (κ1) is 18.7. The molecule has 0 radical (unpaired) electrons. The maximum atomic E-state index is 12.8. The maximum Gasteiger partial charge on any atom is 0.407 e. The van der Waals surface area contributed by atoms with Gasteiger partial charge < -0.3 is 10.1 Å². The predicted molar refractivity (Wildman–Crippen MR) is 117 cm³/mol. The molecule has 0 aromatic heterocycles. The van der Waals surface area contributed by atoms with Gasteiger partial charge in [-0.2, -0.15) is 0 Å². The first-order valence-corrected chi connectivity index (χ1v) is 11.5. The molecule has 5 heteroatoms. The second-order valence-corrected chi connectivity index (χ2v) is 10.0. The number of halogens is 1. The minimum Gasteiger partial charge on any atom is -0.449 e. The summed E-state index contributed by atoms with van der Waals surface area (Å²) in [6, 6.07) is 17.1. The molecule has 0 saturated heterocycles. The third-order valence-electron chi connectivity index (χ3n) is 8.10. The number of benzene rings is 2. The van der Waals surface area contributed by atoms with Crippen molar-refractivity contribution in [2.75, 3.05) is 6.61 Å². The minimum atomic E-state index is -0.276. The fourth-order valence-corrected chi connectivity index (χ4v) is 7.38. The summed E-state index contributed by atoms with van der Waals surface area (Å²) in [7, 11) is 0. The van der Waals surface area contributed by atoms with Gasteiger partial charge in [-0.3, -0.25) is 0 Å². The molecule has 0 heterocycles. The van der Waals surface area contributed by atoms with E-state index in [4.69, 9.17) is 16.5 Å². The summed E-state index contributed by atoms with van der Waals surface area (Å²) in [6.07, 6.45) is 5.41. The molecule has 0 spiro atoms. The van der Waals surface area contributed by atoms with Crippen LogP contribution in [0.15, 0.2) is 48.5 Å². The van der Waals surface area contributed by atoms with E-state index in [9.17, 15) is 4.79 Å². The molecule has 156 valence electrons. The maximum absolute atomic E-state index is 12.8. The fourth-order valence-electron chi connectivity index (χ4n) is 7.15. The van der Waals surface area contributed by atoms with E-state index in [-0.39, 0.29) is 23.6 Å². The first-order valence-electron chi connectivity index (χ1n) is 11.1. The number of fused-ring (bicyclic) bond motifs is 3. The Kier molecular flexibility index (Phi) is 4.36. The summed E-state index contributed by atoms with van der Waals surface area (Å²) < 4.78 is 5.81. The molecule has 2 aromatic rings. The van der Waals surface area contributed by atoms with Crippen molar-refractivity contribution in [1.29, 1.82) is 0 Å². The van der Waals surface area contributed by atoms with Crippen LogP contribution >= 0.6 is 11.8 Å². The number of carbonyl (C=O) groups is 1. The molecule has 4 nitrogen and oxygen atoms in total.